The first-order valence-electron chi connectivity index (χ1n) is 6.79. The Bertz CT molecular complexity index is 393. The second-order valence-corrected chi connectivity index (χ2v) is 5.35. The summed E-state index contributed by atoms with van der Waals surface area (Å²) < 4.78 is 5.08. The second-order valence-electron chi connectivity index (χ2n) is 5.35. The number of carbonyl (C=O) groups is 1. The number of ether oxygens (including phenoxy) is 1. The molecule has 1 unspecified atom stereocenters. The van der Waals surface area contributed by atoms with Crippen molar-refractivity contribution < 1.29 is 9.53 Å². The first-order chi connectivity index (χ1) is 8.70. The number of ketones is 1. The molecule has 1 aliphatic rings. The second kappa shape index (κ2) is 5.66. The van der Waals surface area contributed by atoms with Gasteiger partial charge in [-0.3, -0.25) is 4.79 Å². The number of Topliss-reactive ketones (excluding diaryl/α,β-unsaturated/α-hetero) is 1. The lowest BCUT2D eigenvalue weighted by molar-refractivity contribution is -0.131. The Morgan fingerprint density at radius 2 is 2.00 bits per heavy atom. The Labute approximate surface area is 109 Å². The first kappa shape index (κ1) is 13.3. The predicted molar refractivity (Wildman–Crippen MR) is 72.6 cm³/mol. The van der Waals surface area contributed by atoms with Crippen molar-refractivity contribution >= 4 is 5.78 Å². The topological polar surface area (TPSA) is 26.3 Å². The quantitative estimate of drug-likeness (QED) is 0.769. The summed E-state index contributed by atoms with van der Waals surface area (Å²) in [6.07, 6.45) is 4.00. The molecule has 0 spiro atoms. The Balaban J connectivity index is 2.15. The van der Waals surface area contributed by atoms with E-state index in [4.69, 9.17) is 4.74 Å². The molecule has 98 valence electrons. The number of rotatable bonds is 6. The smallest absolute Gasteiger partial charge is 0.146 e. The van der Waals surface area contributed by atoms with Gasteiger partial charge in [0.25, 0.3) is 0 Å². The van der Waals surface area contributed by atoms with Crippen LogP contribution in [0.4, 0.5) is 0 Å². The highest BCUT2D eigenvalue weighted by molar-refractivity contribution is 5.92. The molecule has 0 saturated heterocycles. The molecule has 1 fully saturated rings. The molecule has 1 saturated carbocycles. The maximum absolute atomic E-state index is 12.7. The van der Waals surface area contributed by atoms with Crippen molar-refractivity contribution in [3.8, 4) is 0 Å². The zero-order valence-electron chi connectivity index (χ0n) is 11.3. The Morgan fingerprint density at radius 1 is 1.33 bits per heavy atom. The van der Waals surface area contributed by atoms with Crippen molar-refractivity contribution in [1.29, 1.82) is 0 Å². The van der Waals surface area contributed by atoms with Crippen LogP contribution < -0.4 is 0 Å². The van der Waals surface area contributed by atoms with Crippen LogP contribution in [0.15, 0.2) is 30.3 Å². The van der Waals surface area contributed by atoms with Crippen molar-refractivity contribution in [2.75, 3.05) is 13.7 Å². The minimum atomic E-state index is -0.200. The fourth-order valence-corrected chi connectivity index (χ4v) is 2.86. The summed E-state index contributed by atoms with van der Waals surface area (Å²) in [6, 6.07) is 10.3. The molecule has 0 N–H and O–H groups in total. The van der Waals surface area contributed by atoms with Gasteiger partial charge in [0.2, 0.25) is 0 Å². The lowest BCUT2D eigenvalue weighted by Gasteiger charge is -2.42. The van der Waals surface area contributed by atoms with E-state index in [1.54, 1.807) is 7.11 Å². The third-order valence-corrected chi connectivity index (χ3v) is 4.21. The maximum atomic E-state index is 12.7. The summed E-state index contributed by atoms with van der Waals surface area (Å²) in [4.78, 5) is 12.7. The number of carbonyl (C=O) groups excluding carboxylic acids is 1. The van der Waals surface area contributed by atoms with Crippen molar-refractivity contribution in [3.63, 3.8) is 0 Å². The van der Waals surface area contributed by atoms with E-state index in [-0.39, 0.29) is 11.3 Å². The van der Waals surface area contributed by atoms with Gasteiger partial charge in [0.1, 0.15) is 5.78 Å². The lowest BCUT2D eigenvalue weighted by atomic mass is 9.59. The number of hydrogen-bond donors (Lipinski definition) is 0. The molecule has 0 aliphatic heterocycles. The molecule has 18 heavy (non-hydrogen) atoms. The van der Waals surface area contributed by atoms with Crippen LogP contribution >= 0.6 is 0 Å². The van der Waals surface area contributed by atoms with Gasteiger partial charge >= 0.3 is 0 Å². The van der Waals surface area contributed by atoms with Crippen LogP contribution in [0, 0.1) is 5.92 Å². The molecular formula is C16H22O2. The Hall–Kier alpha value is -1.15. The normalized spacial score (nSPS) is 19.0. The third-order valence-electron chi connectivity index (χ3n) is 4.21. The molecule has 0 aromatic heterocycles. The van der Waals surface area contributed by atoms with Gasteiger partial charge in [0.05, 0.1) is 5.41 Å². The van der Waals surface area contributed by atoms with E-state index >= 15 is 0 Å². The fourth-order valence-electron chi connectivity index (χ4n) is 2.86. The van der Waals surface area contributed by atoms with Gasteiger partial charge in [-0.15, -0.1) is 0 Å². The maximum Gasteiger partial charge on any atom is 0.146 e. The predicted octanol–water partition coefficient (Wildman–Crippen LogP) is 3.35. The molecule has 2 rings (SSSR count). The van der Waals surface area contributed by atoms with Crippen LogP contribution in [0.2, 0.25) is 0 Å². The first-order valence-corrected chi connectivity index (χ1v) is 6.79. The van der Waals surface area contributed by atoms with Crippen LogP contribution in [-0.4, -0.2) is 19.5 Å². The lowest BCUT2D eigenvalue weighted by Crippen LogP contribution is -2.45. The van der Waals surface area contributed by atoms with Gasteiger partial charge in [-0.1, -0.05) is 43.7 Å². The van der Waals surface area contributed by atoms with E-state index in [0.29, 0.717) is 12.4 Å². The van der Waals surface area contributed by atoms with E-state index in [1.165, 1.54) is 5.56 Å². The molecular weight excluding hydrogens is 224 g/mol. The number of benzene rings is 1. The van der Waals surface area contributed by atoms with Crippen LogP contribution in [-0.2, 0) is 14.9 Å². The summed E-state index contributed by atoms with van der Waals surface area (Å²) in [5, 5.41) is 0. The highest BCUT2D eigenvalue weighted by Crippen LogP contribution is 2.46. The van der Waals surface area contributed by atoms with Gasteiger partial charge in [0.15, 0.2) is 0 Å². The van der Waals surface area contributed by atoms with E-state index in [9.17, 15) is 4.79 Å². The van der Waals surface area contributed by atoms with Crippen LogP contribution in [0.1, 0.15) is 38.2 Å². The van der Waals surface area contributed by atoms with E-state index in [0.717, 1.165) is 25.7 Å². The fraction of sp³-hybridized carbons (Fsp3) is 0.562. The minimum Gasteiger partial charge on any atom is -0.385 e. The Morgan fingerprint density at radius 3 is 2.50 bits per heavy atom. The van der Waals surface area contributed by atoms with Gasteiger partial charge < -0.3 is 4.74 Å². The van der Waals surface area contributed by atoms with Crippen molar-refractivity contribution in [3.05, 3.63) is 35.9 Å². The molecule has 1 aromatic rings. The average molecular weight is 246 g/mol. The molecule has 1 aromatic carbocycles. The van der Waals surface area contributed by atoms with E-state index in [2.05, 4.69) is 12.1 Å². The monoisotopic (exact) mass is 246 g/mol. The molecule has 0 radical (unpaired) electrons. The van der Waals surface area contributed by atoms with Gasteiger partial charge in [-0.05, 0) is 24.8 Å². The summed E-state index contributed by atoms with van der Waals surface area (Å²) >= 11 is 0. The highest BCUT2D eigenvalue weighted by atomic mass is 16.5. The minimum absolute atomic E-state index is 0.0884. The number of methoxy groups -OCH3 is 1. The van der Waals surface area contributed by atoms with Crippen LogP contribution in [0.5, 0.6) is 0 Å². The van der Waals surface area contributed by atoms with Crippen LogP contribution in [0.3, 0.4) is 0 Å². The van der Waals surface area contributed by atoms with Crippen molar-refractivity contribution in [1.82, 2.24) is 0 Å². The van der Waals surface area contributed by atoms with Crippen LogP contribution in [0.25, 0.3) is 0 Å². The Kier molecular flexibility index (Phi) is 4.18. The summed E-state index contributed by atoms with van der Waals surface area (Å²) in [6.45, 7) is 2.70. The zero-order chi connectivity index (χ0) is 13.0. The molecule has 1 atom stereocenters. The molecule has 2 heteroatoms. The molecule has 1 aliphatic carbocycles. The summed E-state index contributed by atoms with van der Waals surface area (Å²) in [5.41, 5.74) is 1.000. The standard InChI is InChI=1S/C16H22O2/c1-13(9-12-18-2)15(17)16(10-6-11-16)14-7-4-3-5-8-14/h3-5,7-8,13H,6,9-12H2,1-2H3. The summed E-state index contributed by atoms with van der Waals surface area (Å²) in [7, 11) is 1.69. The van der Waals surface area contributed by atoms with Gasteiger partial charge in [-0.25, -0.2) is 0 Å². The molecule has 2 nitrogen and oxygen atoms in total. The number of hydrogen-bond acceptors (Lipinski definition) is 2. The zero-order valence-corrected chi connectivity index (χ0v) is 11.3. The van der Waals surface area contributed by atoms with Crippen molar-refractivity contribution in [2.24, 2.45) is 5.92 Å². The molecule has 0 amide bonds. The highest BCUT2D eigenvalue weighted by Gasteiger charge is 2.46. The van der Waals surface area contributed by atoms with Gasteiger partial charge in [-0.2, -0.15) is 0 Å². The van der Waals surface area contributed by atoms with E-state index < -0.39 is 0 Å². The largest absolute Gasteiger partial charge is 0.385 e. The SMILES string of the molecule is COCCC(C)C(=O)C1(c2ccccc2)CCC1. The van der Waals surface area contributed by atoms with E-state index in [1.807, 2.05) is 25.1 Å². The summed E-state index contributed by atoms with van der Waals surface area (Å²) in [5.74, 6) is 0.488. The van der Waals surface area contributed by atoms with Crippen molar-refractivity contribution in [2.45, 2.75) is 38.0 Å². The average Bonchev–Trinajstić information content (AvgIpc) is 2.36. The molecule has 0 bridgehead atoms. The third kappa shape index (κ3) is 2.35. The molecule has 0 heterocycles. The van der Waals surface area contributed by atoms with Gasteiger partial charge in [0, 0.05) is 19.6 Å².